The van der Waals surface area contributed by atoms with Crippen LogP contribution in [0.5, 0.6) is 0 Å². The Labute approximate surface area is 88.4 Å². The number of rotatable bonds is 6. The van der Waals surface area contributed by atoms with Gasteiger partial charge in [-0.2, -0.15) is 0 Å². The Hall–Kier alpha value is -0.160. The smallest absolute Gasteiger partial charge is 0.0520 e. The molecule has 8 N–H and O–H groups in total. The molecule has 0 saturated carbocycles. The summed E-state index contributed by atoms with van der Waals surface area (Å²) in [4.78, 5) is 0. The van der Waals surface area contributed by atoms with Gasteiger partial charge in [0.1, 0.15) is 0 Å². The highest BCUT2D eigenvalue weighted by Gasteiger charge is 1.89. The zero-order chi connectivity index (χ0) is 11.4. The van der Waals surface area contributed by atoms with Gasteiger partial charge >= 0.3 is 0 Å². The molecule has 0 aromatic carbocycles. The standard InChI is InChI=1S/2C5H14N2/c2*1-2-3-4-5(6)7/h2*5H,2-4,6-7H2,1H3. The highest BCUT2D eigenvalue weighted by Crippen LogP contribution is 1.92. The van der Waals surface area contributed by atoms with E-state index in [0.717, 1.165) is 25.7 Å². The molecule has 0 spiro atoms. The minimum Gasteiger partial charge on any atom is -0.316 e. The molecule has 0 heterocycles. The van der Waals surface area contributed by atoms with Crippen molar-refractivity contribution in [3.05, 3.63) is 0 Å². The Morgan fingerprint density at radius 1 is 0.714 bits per heavy atom. The molecule has 0 fully saturated rings. The van der Waals surface area contributed by atoms with Gasteiger partial charge < -0.3 is 22.9 Å². The van der Waals surface area contributed by atoms with E-state index >= 15 is 0 Å². The zero-order valence-corrected chi connectivity index (χ0v) is 9.71. The predicted octanol–water partition coefficient (Wildman–Crippen LogP) is 0.840. The van der Waals surface area contributed by atoms with Crippen LogP contribution in [-0.2, 0) is 0 Å². The molecule has 0 unspecified atom stereocenters. The van der Waals surface area contributed by atoms with Gasteiger partial charge in [-0.25, -0.2) is 0 Å². The second-order valence-electron chi connectivity index (χ2n) is 3.61. The average molecular weight is 204 g/mol. The van der Waals surface area contributed by atoms with Crippen molar-refractivity contribution in [2.75, 3.05) is 0 Å². The molecule has 0 aliphatic rings. The third kappa shape index (κ3) is 22.6. The number of nitrogens with two attached hydrogens (primary N) is 4. The van der Waals surface area contributed by atoms with E-state index in [1.54, 1.807) is 0 Å². The van der Waals surface area contributed by atoms with Gasteiger partial charge in [-0.3, -0.25) is 0 Å². The lowest BCUT2D eigenvalue weighted by atomic mass is 10.2. The van der Waals surface area contributed by atoms with E-state index < -0.39 is 0 Å². The second-order valence-corrected chi connectivity index (χ2v) is 3.61. The summed E-state index contributed by atoms with van der Waals surface area (Å²) in [5.74, 6) is 0. The quantitative estimate of drug-likeness (QED) is 0.481. The molecule has 0 aliphatic heterocycles. The summed E-state index contributed by atoms with van der Waals surface area (Å²) in [7, 11) is 0. The number of hydrogen-bond acceptors (Lipinski definition) is 4. The zero-order valence-electron chi connectivity index (χ0n) is 9.71. The lowest BCUT2D eigenvalue weighted by Gasteiger charge is -2.00. The van der Waals surface area contributed by atoms with Crippen molar-refractivity contribution in [3.63, 3.8) is 0 Å². The van der Waals surface area contributed by atoms with E-state index in [9.17, 15) is 0 Å². The lowest BCUT2D eigenvalue weighted by molar-refractivity contribution is 0.595. The van der Waals surface area contributed by atoms with E-state index in [2.05, 4.69) is 13.8 Å². The van der Waals surface area contributed by atoms with Gasteiger partial charge in [-0.05, 0) is 12.8 Å². The van der Waals surface area contributed by atoms with Crippen LogP contribution >= 0.6 is 0 Å². The lowest BCUT2D eigenvalue weighted by Crippen LogP contribution is -2.29. The monoisotopic (exact) mass is 204 g/mol. The van der Waals surface area contributed by atoms with Crippen LogP contribution in [0.1, 0.15) is 52.4 Å². The van der Waals surface area contributed by atoms with E-state index in [-0.39, 0.29) is 12.3 Å². The molecular formula is C10H28N4. The van der Waals surface area contributed by atoms with Crippen LogP contribution in [0.2, 0.25) is 0 Å². The fourth-order valence-electron chi connectivity index (χ4n) is 0.880. The maximum absolute atomic E-state index is 5.26. The SMILES string of the molecule is CCCCC(N)N.CCCCC(N)N. The molecule has 4 heteroatoms. The minimum absolute atomic E-state index is 0.0973. The first-order valence-electron chi connectivity index (χ1n) is 5.56. The Morgan fingerprint density at radius 3 is 1.07 bits per heavy atom. The Morgan fingerprint density at radius 2 is 1.00 bits per heavy atom. The van der Waals surface area contributed by atoms with Crippen molar-refractivity contribution in [1.29, 1.82) is 0 Å². The molecule has 88 valence electrons. The number of hydrogen-bond donors (Lipinski definition) is 4. The van der Waals surface area contributed by atoms with Gasteiger partial charge in [0, 0.05) is 0 Å². The van der Waals surface area contributed by atoms with Gasteiger partial charge in [0.2, 0.25) is 0 Å². The van der Waals surface area contributed by atoms with Crippen LogP contribution in [0.4, 0.5) is 0 Å². The molecule has 0 saturated heterocycles. The highest BCUT2D eigenvalue weighted by molar-refractivity contribution is 4.48. The fourth-order valence-corrected chi connectivity index (χ4v) is 0.880. The number of unbranched alkanes of at least 4 members (excludes halogenated alkanes) is 2. The maximum atomic E-state index is 5.26. The molecule has 4 nitrogen and oxygen atoms in total. The maximum Gasteiger partial charge on any atom is 0.0520 e. The van der Waals surface area contributed by atoms with Gasteiger partial charge in [0.15, 0.2) is 0 Å². The summed E-state index contributed by atoms with van der Waals surface area (Å²) < 4.78 is 0. The molecule has 0 bridgehead atoms. The highest BCUT2D eigenvalue weighted by atomic mass is 14.8. The normalized spacial score (nSPS) is 10.3. The van der Waals surface area contributed by atoms with Crippen molar-refractivity contribution in [3.8, 4) is 0 Å². The molecule has 0 radical (unpaired) electrons. The van der Waals surface area contributed by atoms with Crippen molar-refractivity contribution in [2.24, 2.45) is 22.9 Å². The average Bonchev–Trinajstić information content (AvgIpc) is 2.12. The van der Waals surface area contributed by atoms with E-state index in [1.807, 2.05) is 0 Å². The summed E-state index contributed by atoms with van der Waals surface area (Å²) in [6, 6.07) is 0. The van der Waals surface area contributed by atoms with Crippen LogP contribution in [0.15, 0.2) is 0 Å². The van der Waals surface area contributed by atoms with Crippen molar-refractivity contribution in [1.82, 2.24) is 0 Å². The molecule has 0 aromatic heterocycles. The molecule has 0 atom stereocenters. The summed E-state index contributed by atoms with van der Waals surface area (Å²) >= 11 is 0. The van der Waals surface area contributed by atoms with E-state index in [1.165, 1.54) is 12.8 Å². The van der Waals surface area contributed by atoms with E-state index in [4.69, 9.17) is 22.9 Å². The van der Waals surface area contributed by atoms with E-state index in [0.29, 0.717) is 0 Å². The third-order valence-electron chi connectivity index (χ3n) is 1.78. The third-order valence-corrected chi connectivity index (χ3v) is 1.78. The van der Waals surface area contributed by atoms with Gasteiger partial charge in [0.25, 0.3) is 0 Å². The Bertz CT molecular complexity index is 82.1. The van der Waals surface area contributed by atoms with Crippen molar-refractivity contribution < 1.29 is 0 Å². The van der Waals surface area contributed by atoms with Crippen LogP contribution in [-0.4, -0.2) is 12.3 Å². The van der Waals surface area contributed by atoms with Crippen LogP contribution in [0, 0.1) is 0 Å². The molecule has 14 heavy (non-hydrogen) atoms. The second kappa shape index (κ2) is 12.8. The first kappa shape index (κ1) is 16.3. The topological polar surface area (TPSA) is 104 Å². The first-order chi connectivity index (χ1) is 6.54. The van der Waals surface area contributed by atoms with Crippen LogP contribution in [0.3, 0.4) is 0 Å². The van der Waals surface area contributed by atoms with Crippen LogP contribution < -0.4 is 22.9 Å². The Balaban J connectivity index is 0. The first-order valence-corrected chi connectivity index (χ1v) is 5.56. The van der Waals surface area contributed by atoms with Crippen LogP contribution in [0.25, 0.3) is 0 Å². The molecular weight excluding hydrogens is 176 g/mol. The molecule has 0 aromatic rings. The van der Waals surface area contributed by atoms with Crippen molar-refractivity contribution >= 4 is 0 Å². The molecule has 0 aliphatic carbocycles. The predicted molar refractivity (Wildman–Crippen MR) is 63.4 cm³/mol. The minimum atomic E-state index is -0.0973. The van der Waals surface area contributed by atoms with Gasteiger partial charge in [-0.1, -0.05) is 39.5 Å². The Kier molecular flexibility index (Phi) is 14.9. The fraction of sp³-hybridized carbons (Fsp3) is 1.00. The largest absolute Gasteiger partial charge is 0.316 e. The van der Waals surface area contributed by atoms with Gasteiger partial charge in [-0.15, -0.1) is 0 Å². The van der Waals surface area contributed by atoms with Gasteiger partial charge in [0.05, 0.1) is 12.3 Å². The summed E-state index contributed by atoms with van der Waals surface area (Å²) in [6.45, 7) is 4.25. The summed E-state index contributed by atoms with van der Waals surface area (Å²) in [5.41, 5.74) is 21.0. The van der Waals surface area contributed by atoms with Crippen molar-refractivity contribution in [2.45, 2.75) is 64.7 Å². The molecule has 0 rings (SSSR count). The molecule has 0 amide bonds. The summed E-state index contributed by atoms with van der Waals surface area (Å²) in [6.07, 6.45) is 6.39. The summed E-state index contributed by atoms with van der Waals surface area (Å²) in [5, 5.41) is 0.